The molecule has 0 aliphatic rings. The first-order valence-corrected chi connectivity index (χ1v) is 9.57. The molecule has 5 nitrogen and oxygen atoms in total. The third-order valence-corrected chi connectivity index (χ3v) is 4.32. The number of amides is 1. The van der Waals surface area contributed by atoms with Gasteiger partial charge in [0.15, 0.2) is 0 Å². The van der Waals surface area contributed by atoms with Gasteiger partial charge < -0.3 is 5.32 Å². The van der Waals surface area contributed by atoms with Crippen LogP contribution in [0, 0.1) is 6.92 Å². The summed E-state index contributed by atoms with van der Waals surface area (Å²) in [5, 5.41) is 2.89. The highest BCUT2D eigenvalue weighted by atomic mass is 32.2. The van der Waals surface area contributed by atoms with E-state index in [2.05, 4.69) is 10.0 Å². The average molecular weight is 346 g/mol. The molecule has 0 saturated carbocycles. The second kappa shape index (κ2) is 7.49. The second-order valence-corrected chi connectivity index (χ2v) is 7.67. The van der Waals surface area contributed by atoms with Crippen LogP contribution < -0.4 is 10.0 Å². The van der Waals surface area contributed by atoms with Crippen LogP contribution in [-0.4, -0.2) is 27.1 Å². The molecule has 2 aromatic rings. The Morgan fingerprint density at radius 1 is 1.12 bits per heavy atom. The summed E-state index contributed by atoms with van der Waals surface area (Å²) in [6.45, 7) is 4.33. The van der Waals surface area contributed by atoms with Crippen molar-refractivity contribution in [2.75, 3.05) is 17.5 Å². The Morgan fingerprint density at radius 3 is 2.42 bits per heavy atom. The second-order valence-electron chi connectivity index (χ2n) is 5.93. The summed E-state index contributed by atoms with van der Waals surface area (Å²) in [6.07, 6.45) is 1.08. The van der Waals surface area contributed by atoms with Crippen molar-refractivity contribution < 1.29 is 13.2 Å². The molecule has 0 spiro atoms. The van der Waals surface area contributed by atoms with Gasteiger partial charge >= 0.3 is 0 Å². The summed E-state index contributed by atoms with van der Waals surface area (Å²) in [6, 6.07) is 14.9. The van der Waals surface area contributed by atoms with Crippen molar-refractivity contribution in [2.45, 2.75) is 19.8 Å². The molecule has 6 heteroatoms. The van der Waals surface area contributed by atoms with E-state index in [9.17, 15) is 13.2 Å². The molecule has 0 bridgehead atoms. The molecule has 1 atom stereocenters. The lowest BCUT2D eigenvalue weighted by Crippen LogP contribution is -2.27. The molecule has 0 fully saturated rings. The molecule has 2 rings (SSSR count). The highest BCUT2D eigenvalue weighted by Gasteiger charge is 2.12. The third kappa shape index (κ3) is 5.09. The maximum Gasteiger partial charge on any atom is 0.251 e. The van der Waals surface area contributed by atoms with E-state index in [1.54, 1.807) is 25.1 Å². The normalized spacial score (nSPS) is 12.5. The third-order valence-electron chi connectivity index (χ3n) is 3.73. The Hall–Kier alpha value is -2.34. The number of nitrogens with one attached hydrogen (secondary N) is 2. The summed E-state index contributed by atoms with van der Waals surface area (Å²) in [5.74, 6) is -0.0384. The molecular formula is C18H22N2O3S. The molecule has 0 aliphatic carbocycles. The maximum atomic E-state index is 12.3. The lowest BCUT2D eigenvalue weighted by Gasteiger charge is -2.14. The van der Waals surface area contributed by atoms with Gasteiger partial charge in [0.1, 0.15) is 0 Å². The minimum atomic E-state index is -3.39. The minimum absolute atomic E-state index is 0.189. The lowest BCUT2D eigenvalue weighted by atomic mass is 10.0. The Bertz CT molecular complexity index is 817. The first-order valence-electron chi connectivity index (χ1n) is 7.68. The van der Waals surface area contributed by atoms with Gasteiger partial charge in [-0.25, -0.2) is 8.42 Å². The first-order chi connectivity index (χ1) is 11.3. The Labute approximate surface area is 143 Å². The van der Waals surface area contributed by atoms with Gasteiger partial charge in [-0.15, -0.1) is 0 Å². The molecule has 0 aromatic heterocycles. The fraction of sp³-hybridized carbons (Fsp3) is 0.278. The Balaban J connectivity index is 2.06. The van der Waals surface area contributed by atoms with Gasteiger partial charge in [-0.2, -0.15) is 0 Å². The van der Waals surface area contributed by atoms with E-state index >= 15 is 0 Å². The van der Waals surface area contributed by atoms with Crippen LogP contribution in [0.5, 0.6) is 0 Å². The van der Waals surface area contributed by atoms with Crippen molar-refractivity contribution in [1.29, 1.82) is 0 Å². The molecule has 0 aliphatic heterocycles. The zero-order valence-electron chi connectivity index (χ0n) is 14.0. The van der Waals surface area contributed by atoms with E-state index in [1.165, 1.54) is 0 Å². The quantitative estimate of drug-likeness (QED) is 0.844. The fourth-order valence-corrected chi connectivity index (χ4v) is 2.94. The Morgan fingerprint density at radius 2 is 1.79 bits per heavy atom. The van der Waals surface area contributed by atoms with E-state index in [0.717, 1.165) is 17.4 Å². The van der Waals surface area contributed by atoms with Gasteiger partial charge in [0.05, 0.1) is 11.9 Å². The van der Waals surface area contributed by atoms with Crippen molar-refractivity contribution >= 4 is 21.6 Å². The summed E-state index contributed by atoms with van der Waals surface area (Å²) in [5.41, 5.74) is 2.75. The zero-order chi connectivity index (χ0) is 17.7. The minimum Gasteiger partial charge on any atom is -0.351 e. The number of anilines is 1. The number of hydrogen-bond acceptors (Lipinski definition) is 3. The van der Waals surface area contributed by atoms with Gasteiger partial charge in [-0.3, -0.25) is 9.52 Å². The molecule has 0 saturated heterocycles. The monoisotopic (exact) mass is 346 g/mol. The van der Waals surface area contributed by atoms with E-state index in [-0.39, 0.29) is 11.8 Å². The molecule has 0 radical (unpaired) electrons. The summed E-state index contributed by atoms with van der Waals surface area (Å²) in [4.78, 5) is 12.3. The van der Waals surface area contributed by atoms with Gasteiger partial charge in [-0.05, 0) is 36.1 Å². The molecular weight excluding hydrogens is 324 g/mol. The molecule has 2 N–H and O–H groups in total. The summed E-state index contributed by atoms with van der Waals surface area (Å²) >= 11 is 0. The largest absolute Gasteiger partial charge is 0.351 e. The van der Waals surface area contributed by atoms with Crippen LogP contribution in [0.2, 0.25) is 0 Å². The average Bonchev–Trinajstić information content (AvgIpc) is 2.54. The zero-order valence-corrected chi connectivity index (χ0v) is 14.9. The first kappa shape index (κ1) is 18.0. The number of benzene rings is 2. The maximum absolute atomic E-state index is 12.3. The van der Waals surface area contributed by atoms with Crippen LogP contribution in [0.15, 0.2) is 48.5 Å². The van der Waals surface area contributed by atoms with Crippen LogP contribution in [0.25, 0.3) is 0 Å². The topological polar surface area (TPSA) is 75.3 Å². The van der Waals surface area contributed by atoms with Crippen LogP contribution in [0.3, 0.4) is 0 Å². The molecule has 1 amide bonds. The summed E-state index contributed by atoms with van der Waals surface area (Å²) in [7, 11) is -3.39. The number of carbonyl (C=O) groups is 1. The van der Waals surface area contributed by atoms with Gasteiger partial charge in [0.2, 0.25) is 10.0 Å². The van der Waals surface area contributed by atoms with Crippen molar-refractivity contribution in [2.24, 2.45) is 0 Å². The highest BCUT2D eigenvalue weighted by molar-refractivity contribution is 7.92. The SMILES string of the molecule is Cc1ccc(C(=O)NC[C@H](C)c2ccccc2)cc1NS(C)(=O)=O. The summed E-state index contributed by atoms with van der Waals surface area (Å²) < 4.78 is 25.2. The van der Waals surface area contributed by atoms with Crippen molar-refractivity contribution in [3.63, 3.8) is 0 Å². The number of carbonyl (C=O) groups excluding carboxylic acids is 1. The van der Waals surface area contributed by atoms with Crippen LogP contribution in [-0.2, 0) is 10.0 Å². The van der Waals surface area contributed by atoms with Gasteiger partial charge in [0.25, 0.3) is 5.91 Å². The predicted molar refractivity (Wildman–Crippen MR) is 96.8 cm³/mol. The number of hydrogen-bond donors (Lipinski definition) is 2. The van der Waals surface area contributed by atoms with Gasteiger partial charge in [-0.1, -0.05) is 43.3 Å². The lowest BCUT2D eigenvalue weighted by molar-refractivity contribution is 0.0951. The van der Waals surface area contributed by atoms with E-state index in [0.29, 0.717) is 17.8 Å². The van der Waals surface area contributed by atoms with Crippen LogP contribution in [0.4, 0.5) is 5.69 Å². The van der Waals surface area contributed by atoms with Crippen LogP contribution in [0.1, 0.15) is 34.3 Å². The fourth-order valence-electron chi connectivity index (χ4n) is 2.32. The van der Waals surface area contributed by atoms with Crippen LogP contribution >= 0.6 is 0 Å². The Kier molecular flexibility index (Phi) is 5.62. The van der Waals surface area contributed by atoms with E-state index in [4.69, 9.17) is 0 Å². The molecule has 2 aromatic carbocycles. The van der Waals surface area contributed by atoms with Crippen molar-refractivity contribution in [3.8, 4) is 0 Å². The number of aryl methyl sites for hydroxylation is 1. The number of rotatable bonds is 6. The van der Waals surface area contributed by atoms with Crippen molar-refractivity contribution in [3.05, 3.63) is 65.2 Å². The molecule has 0 heterocycles. The number of sulfonamides is 1. The molecule has 0 unspecified atom stereocenters. The smallest absolute Gasteiger partial charge is 0.251 e. The van der Waals surface area contributed by atoms with Crippen molar-refractivity contribution in [1.82, 2.24) is 5.32 Å². The molecule has 128 valence electrons. The molecule has 24 heavy (non-hydrogen) atoms. The van der Waals surface area contributed by atoms with Gasteiger partial charge in [0, 0.05) is 12.1 Å². The standard InChI is InChI=1S/C18H22N2O3S/c1-13-9-10-16(11-17(13)20-24(3,22)23)18(21)19-12-14(2)15-7-5-4-6-8-15/h4-11,14,20H,12H2,1-3H3,(H,19,21)/t14-/m0/s1. The highest BCUT2D eigenvalue weighted by Crippen LogP contribution is 2.18. The predicted octanol–water partition coefficient (Wildman–Crippen LogP) is 2.90. The van der Waals surface area contributed by atoms with E-state index in [1.807, 2.05) is 37.3 Å². The van der Waals surface area contributed by atoms with E-state index < -0.39 is 10.0 Å².